The number of aliphatic hydroxyl groups is 2. The Morgan fingerprint density at radius 3 is 2.67 bits per heavy atom. The highest BCUT2D eigenvalue weighted by Crippen LogP contribution is 2.34. The summed E-state index contributed by atoms with van der Waals surface area (Å²) in [6.45, 7) is 1.53. The second-order valence-corrected chi connectivity index (χ2v) is 9.74. The topological polar surface area (TPSA) is 142 Å². The quantitative estimate of drug-likeness (QED) is 0.273. The molecule has 5 N–H and O–H groups in total. The maximum absolute atomic E-state index is 13.0. The van der Waals surface area contributed by atoms with E-state index in [0.717, 1.165) is 43.5 Å². The standard InChI is InChI=1S/C27H28F3N7O3/c28-27(29,30)19-7-8-32-21(12-19)34-26(40)17-5-3-16(4-6-17)22-23-24(31)33-9-11-37(23)25(35-22)18-2-1-10-36(13-18)14-20(39)15-38/h3-9,11-12,18,20,38-39H,1-2,10,13-15H2,(H2,31,33)(H,32,34,40)/t18-,20?/m1/s1. The maximum atomic E-state index is 13.0. The number of carbonyl (C=O) groups excluding carboxylic acids is 1. The third-order valence-electron chi connectivity index (χ3n) is 6.91. The van der Waals surface area contributed by atoms with E-state index in [4.69, 9.17) is 10.7 Å². The molecule has 4 aromatic rings. The van der Waals surface area contributed by atoms with Gasteiger partial charge in [0, 0.05) is 48.7 Å². The van der Waals surface area contributed by atoms with Crippen molar-refractivity contribution in [2.75, 3.05) is 37.3 Å². The smallest absolute Gasteiger partial charge is 0.394 e. The third-order valence-corrected chi connectivity index (χ3v) is 6.91. The highest BCUT2D eigenvalue weighted by atomic mass is 19.4. The van der Waals surface area contributed by atoms with Gasteiger partial charge in [0.1, 0.15) is 28.7 Å². The second kappa shape index (κ2) is 11.2. The van der Waals surface area contributed by atoms with E-state index in [2.05, 4.69) is 20.2 Å². The largest absolute Gasteiger partial charge is 0.416 e. The Hall–Kier alpha value is -4.07. The van der Waals surface area contributed by atoms with Crippen molar-refractivity contribution in [3.05, 3.63) is 71.9 Å². The average Bonchev–Trinajstić information content (AvgIpc) is 3.34. The average molecular weight is 556 g/mol. The van der Waals surface area contributed by atoms with Crippen molar-refractivity contribution >= 4 is 23.1 Å². The van der Waals surface area contributed by atoms with Crippen molar-refractivity contribution in [2.45, 2.75) is 31.0 Å². The van der Waals surface area contributed by atoms with E-state index in [-0.39, 0.29) is 29.7 Å². The molecule has 210 valence electrons. The first-order valence-electron chi connectivity index (χ1n) is 12.7. The Morgan fingerprint density at radius 1 is 1.18 bits per heavy atom. The van der Waals surface area contributed by atoms with Gasteiger partial charge in [0.25, 0.3) is 5.91 Å². The summed E-state index contributed by atoms with van der Waals surface area (Å²) in [6, 6.07) is 8.09. The van der Waals surface area contributed by atoms with Gasteiger partial charge in [-0.2, -0.15) is 13.2 Å². The molecule has 0 bridgehead atoms. The zero-order valence-electron chi connectivity index (χ0n) is 21.3. The van der Waals surface area contributed by atoms with Gasteiger partial charge in [0.05, 0.1) is 18.3 Å². The Bertz CT molecular complexity index is 1510. The van der Waals surface area contributed by atoms with Crippen molar-refractivity contribution in [1.29, 1.82) is 0 Å². The number of likely N-dealkylation sites (tertiary alicyclic amines) is 1. The molecule has 4 heterocycles. The molecule has 1 saturated heterocycles. The van der Waals surface area contributed by atoms with E-state index in [1.807, 2.05) is 4.40 Å². The number of anilines is 2. The third kappa shape index (κ3) is 5.76. The SMILES string of the molecule is Nc1nccn2c([C@@H]3CCCN(CC(O)CO)C3)nc(-c3ccc(C(=O)Nc4cc(C(F)(F)F)ccn4)cc3)c12. The number of benzene rings is 1. The lowest BCUT2D eigenvalue weighted by atomic mass is 9.97. The van der Waals surface area contributed by atoms with Gasteiger partial charge in [-0.25, -0.2) is 15.0 Å². The summed E-state index contributed by atoms with van der Waals surface area (Å²) in [6.07, 6.45) is 0.802. The van der Waals surface area contributed by atoms with Crippen LogP contribution in [0.1, 0.15) is 40.5 Å². The Morgan fingerprint density at radius 2 is 1.95 bits per heavy atom. The first-order valence-corrected chi connectivity index (χ1v) is 12.7. The lowest BCUT2D eigenvalue weighted by Gasteiger charge is -2.33. The van der Waals surface area contributed by atoms with Gasteiger partial charge in [0.15, 0.2) is 0 Å². The van der Waals surface area contributed by atoms with Crippen molar-refractivity contribution in [3.8, 4) is 11.3 Å². The summed E-state index contributed by atoms with van der Waals surface area (Å²) >= 11 is 0. The molecule has 1 fully saturated rings. The van der Waals surface area contributed by atoms with E-state index >= 15 is 0 Å². The molecule has 13 heteroatoms. The van der Waals surface area contributed by atoms with Crippen molar-refractivity contribution < 1.29 is 28.2 Å². The number of imidazole rings is 1. The number of amides is 1. The minimum absolute atomic E-state index is 0.0488. The normalized spacial score (nSPS) is 17.2. The van der Waals surface area contributed by atoms with Crippen LogP contribution in [0.4, 0.5) is 24.8 Å². The number of piperidine rings is 1. The molecular weight excluding hydrogens is 527 g/mol. The van der Waals surface area contributed by atoms with Crippen LogP contribution >= 0.6 is 0 Å². The first kappa shape index (κ1) is 27.5. The van der Waals surface area contributed by atoms with E-state index in [1.165, 1.54) is 0 Å². The number of nitrogens with one attached hydrogen (secondary N) is 1. The fourth-order valence-electron chi connectivity index (χ4n) is 5.01. The number of rotatable bonds is 7. The zero-order valence-corrected chi connectivity index (χ0v) is 21.3. The fourth-order valence-corrected chi connectivity index (χ4v) is 5.01. The molecule has 1 unspecified atom stereocenters. The van der Waals surface area contributed by atoms with E-state index in [0.29, 0.717) is 29.9 Å². The van der Waals surface area contributed by atoms with Crippen molar-refractivity contribution in [2.24, 2.45) is 0 Å². The minimum Gasteiger partial charge on any atom is -0.394 e. The van der Waals surface area contributed by atoms with Crippen LogP contribution in [-0.2, 0) is 6.18 Å². The molecule has 10 nitrogen and oxygen atoms in total. The van der Waals surface area contributed by atoms with Crippen molar-refractivity contribution in [3.63, 3.8) is 0 Å². The summed E-state index contributed by atoms with van der Waals surface area (Å²) in [7, 11) is 0. The molecule has 40 heavy (non-hydrogen) atoms. The predicted octanol–water partition coefficient (Wildman–Crippen LogP) is 3.18. The summed E-state index contributed by atoms with van der Waals surface area (Å²) in [5, 5.41) is 21.5. The van der Waals surface area contributed by atoms with E-state index in [9.17, 15) is 28.2 Å². The number of halogens is 3. The molecule has 3 aromatic heterocycles. The highest BCUT2D eigenvalue weighted by molar-refractivity contribution is 6.04. The van der Waals surface area contributed by atoms with Gasteiger partial charge in [0.2, 0.25) is 0 Å². The van der Waals surface area contributed by atoms with Crippen LogP contribution in [0.25, 0.3) is 16.8 Å². The number of pyridine rings is 1. The molecule has 0 aliphatic carbocycles. The molecule has 1 aliphatic rings. The summed E-state index contributed by atoms with van der Waals surface area (Å²) in [5.74, 6) is 0.312. The van der Waals surface area contributed by atoms with Gasteiger partial charge >= 0.3 is 6.18 Å². The molecular formula is C27H28F3N7O3. The minimum atomic E-state index is -4.55. The number of carbonyl (C=O) groups is 1. The number of fused-ring (bicyclic) bond motifs is 1. The van der Waals surface area contributed by atoms with E-state index < -0.39 is 23.8 Å². The molecule has 2 atom stereocenters. The first-order chi connectivity index (χ1) is 19.1. The number of aliphatic hydroxyl groups excluding tert-OH is 2. The van der Waals surface area contributed by atoms with Crippen LogP contribution in [0.15, 0.2) is 55.0 Å². The lowest BCUT2D eigenvalue weighted by Crippen LogP contribution is -2.40. The van der Waals surface area contributed by atoms with Crippen LogP contribution in [-0.4, -0.2) is 72.7 Å². The summed E-state index contributed by atoms with van der Waals surface area (Å²) in [4.78, 5) is 27.8. The molecule has 1 amide bonds. The zero-order chi connectivity index (χ0) is 28.4. The lowest BCUT2D eigenvalue weighted by molar-refractivity contribution is -0.137. The number of nitrogen functional groups attached to an aromatic ring is 1. The van der Waals surface area contributed by atoms with Gasteiger partial charge in [-0.15, -0.1) is 0 Å². The predicted molar refractivity (Wildman–Crippen MR) is 142 cm³/mol. The number of nitrogens with two attached hydrogens (primary N) is 1. The molecule has 1 aliphatic heterocycles. The highest BCUT2D eigenvalue weighted by Gasteiger charge is 2.31. The van der Waals surface area contributed by atoms with Gasteiger partial charge in [-0.05, 0) is 43.7 Å². The van der Waals surface area contributed by atoms with Crippen molar-refractivity contribution in [1.82, 2.24) is 24.3 Å². The van der Waals surface area contributed by atoms with Gasteiger partial charge < -0.3 is 21.3 Å². The number of hydrogen-bond acceptors (Lipinski definition) is 8. The van der Waals surface area contributed by atoms with E-state index in [1.54, 1.807) is 36.7 Å². The van der Waals surface area contributed by atoms with Gasteiger partial charge in [-0.3, -0.25) is 14.1 Å². The molecule has 0 spiro atoms. The van der Waals surface area contributed by atoms with Crippen LogP contribution in [0.2, 0.25) is 0 Å². The summed E-state index contributed by atoms with van der Waals surface area (Å²) in [5.41, 5.74) is 7.46. The molecule has 0 saturated carbocycles. The number of alkyl halides is 3. The Kier molecular flexibility index (Phi) is 7.70. The molecule has 1 aromatic carbocycles. The van der Waals surface area contributed by atoms with Gasteiger partial charge in [-0.1, -0.05) is 12.1 Å². The van der Waals surface area contributed by atoms with Crippen LogP contribution in [0, 0.1) is 0 Å². The van der Waals surface area contributed by atoms with Crippen LogP contribution in [0.5, 0.6) is 0 Å². The Balaban J connectivity index is 1.40. The summed E-state index contributed by atoms with van der Waals surface area (Å²) < 4.78 is 40.9. The van der Waals surface area contributed by atoms with Crippen LogP contribution < -0.4 is 11.1 Å². The fraction of sp³-hybridized carbons (Fsp3) is 0.333. The second-order valence-electron chi connectivity index (χ2n) is 9.74. The number of aromatic nitrogens is 4. The monoisotopic (exact) mass is 555 g/mol. The molecule has 5 rings (SSSR count). The molecule has 0 radical (unpaired) electrons. The van der Waals surface area contributed by atoms with Crippen LogP contribution in [0.3, 0.4) is 0 Å². The Labute approximate surface area is 227 Å². The number of hydrogen-bond donors (Lipinski definition) is 4. The number of β-amino-alcohol motifs (C(OH)–C–C–N with tert-alkyl or cyclic N) is 1. The number of nitrogens with zero attached hydrogens (tertiary/aromatic N) is 5. The maximum Gasteiger partial charge on any atom is 0.416 e.